The third-order valence-corrected chi connectivity index (χ3v) is 2.70. The summed E-state index contributed by atoms with van der Waals surface area (Å²) in [4.78, 5) is 11.5. The lowest BCUT2D eigenvalue weighted by Crippen LogP contribution is -2.23. The Morgan fingerprint density at radius 1 is 1.42 bits per heavy atom. The molecule has 0 unspecified atom stereocenters. The molecule has 6 heteroatoms. The molecule has 0 bridgehead atoms. The lowest BCUT2D eigenvalue weighted by molar-refractivity contribution is 0.255. The SMILES string of the molecule is Cc1cc(NC(=O)N/C=C/c2cccc(Br)c2)no1. The zero-order valence-electron chi connectivity index (χ0n) is 10.2. The number of urea groups is 1. The van der Waals surface area contributed by atoms with Crippen molar-refractivity contribution in [1.82, 2.24) is 10.5 Å². The largest absolute Gasteiger partial charge is 0.360 e. The third-order valence-electron chi connectivity index (χ3n) is 2.21. The summed E-state index contributed by atoms with van der Waals surface area (Å²) in [5.41, 5.74) is 0.979. The van der Waals surface area contributed by atoms with Crippen LogP contribution in [0.3, 0.4) is 0 Å². The Bertz CT molecular complexity index is 607. The summed E-state index contributed by atoms with van der Waals surface area (Å²) >= 11 is 3.38. The number of benzene rings is 1. The van der Waals surface area contributed by atoms with E-state index in [9.17, 15) is 4.79 Å². The molecule has 0 spiro atoms. The van der Waals surface area contributed by atoms with Crippen LogP contribution in [-0.4, -0.2) is 11.2 Å². The predicted molar refractivity (Wildman–Crippen MR) is 76.6 cm³/mol. The van der Waals surface area contributed by atoms with Gasteiger partial charge in [0.25, 0.3) is 0 Å². The number of halogens is 1. The normalized spacial score (nSPS) is 10.6. The zero-order valence-corrected chi connectivity index (χ0v) is 11.8. The minimum absolute atomic E-state index is 0.375. The summed E-state index contributed by atoms with van der Waals surface area (Å²) < 4.78 is 5.82. The number of hydrogen-bond acceptors (Lipinski definition) is 3. The van der Waals surface area contributed by atoms with Crippen LogP contribution < -0.4 is 10.6 Å². The Hall–Kier alpha value is -2.08. The first kappa shape index (κ1) is 13.4. The quantitative estimate of drug-likeness (QED) is 0.908. The lowest BCUT2D eigenvalue weighted by atomic mass is 10.2. The minimum atomic E-state index is -0.375. The van der Waals surface area contributed by atoms with Crippen LogP contribution in [0.4, 0.5) is 10.6 Å². The lowest BCUT2D eigenvalue weighted by Gasteiger charge is -1.99. The van der Waals surface area contributed by atoms with E-state index in [0.717, 1.165) is 10.0 Å². The molecule has 1 aromatic carbocycles. The molecule has 19 heavy (non-hydrogen) atoms. The van der Waals surface area contributed by atoms with Crippen LogP contribution in [0.5, 0.6) is 0 Å². The number of aryl methyl sites for hydroxylation is 1. The van der Waals surface area contributed by atoms with Gasteiger partial charge < -0.3 is 9.84 Å². The molecule has 1 aromatic heterocycles. The van der Waals surface area contributed by atoms with E-state index in [1.807, 2.05) is 24.3 Å². The van der Waals surface area contributed by atoms with Crippen molar-refractivity contribution in [2.24, 2.45) is 0 Å². The molecular weight excluding hydrogens is 310 g/mol. The topological polar surface area (TPSA) is 67.2 Å². The summed E-state index contributed by atoms with van der Waals surface area (Å²) in [6.45, 7) is 1.75. The van der Waals surface area contributed by atoms with E-state index in [2.05, 4.69) is 31.7 Å². The van der Waals surface area contributed by atoms with Crippen molar-refractivity contribution >= 4 is 33.9 Å². The fraction of sp³-hybridized carbons (Fsp3) is 0.0769. The van der Waals surface area contributed by atoms with Gasteiger partial charge in [0.2, 0.25) is 0 Å². The molecule has 0 atom stereocenters. The Balaban J connectivity index is 1.86. The smallest absolute Gasteiger partial charge is 0.324 e. The number of carbonyl (C=O) groups excluding carboxylic acids is 1. The van der Waals surface area contributed by atoms with E-state index >= 15 is 0 Å². The van der Waals surface area contributed by atoms with Crippen molar-refractivity contribution in [3.05, 3.63) is 52.3 Å². The summed E-state index contributed by atoms with van der Waals surface area (Å²) in [6.07, 6.45) is 3.35. The van der Waals surface area contributed by atoms with Gasteiger partial charge in [-0.15, -0.1) is 0 Å². The number of carbonyl (C=O) groups is 1. The Kier molecular flexibility index (Phi) is 4.35. The van der Waals surface area contributed by atoms with E-state index in [0.29, 0.717) is 11.6 Å². The summed E-state index contributed by atoms with van der Waals surface area (Å²) in [6, 6.07) is 8.99. The van der Waals surface area contributed by atoms with Gasteiger partial charge in [-0.25, -0.2) is 4.79 Å². The van der Waals surface area contributed by atoms with Crippen LogP contribution in [0.2, 0.25) is 0 Å². The molecule has 2 N–H and O–H groups in total. The molecule has 2 aromatic rings. The molecule has 2 rings (SSSR count). The van der Waals surface area contributed by atoms with Crippen molar-refractivity contribution in [1.29, 1.82) is 0 Å². The standard InChI is InChI=1S/C13H12BrN3O2/c1-9-7-12(17-19-9)16-13(18)15-6-5-10-3-2-4-11(14)8-10/h2-8H,1H3,(H2,15,16,17,18)/b6-5+. The average Bonchev–Trinajstić information content (AvgIpc) is 2.75. The van der Waals surface area contributed by atoms with Gasteiger partial charge in [0.1, 0.15) is 5.76 Å². The monoisotopic (exact) mass is 321 g/mol. The fourth-order valence-corrected chi connectivity index (χ4v) is 1.82. The Morgan fingerprint density at radius 3 is 2.95 bits per heavy atom. The summed E-state index contributed by atoms with van der Waals surface area (Å²) in [7, 11) is 0. The predicted octanol–water partition coefficient (Wildman–Crippen LogP) is 3.54. The van der Waals surface area contributed by atoms with Crippen LogP contribution in [0.25, 0.3) is 6.08 Å². The number of nitrogens with one attached hydrogen (secondary N) is 2. The van der Waals surface area contributed by atoms with Gasteiger partial charge >= 0.3 is 6.03 Å². The van der Waals surface area contributed by atoms with Crippen LogP contribution >= 0.6 is 15.9 Å². The van der Waals surface area contributed by atoms with Crippen molar-refractivity contribution in [3.63, 3.8) is 0 Å². The number of rotatable bonds is 3. The summed E-state index contributed by atoms with van der Waals surface area (Å²) in [5, 5.41) is 8.78. The molecule has 98 valence electrons. The molecule has 0 aliphatic rings. The second kappa shape index (κ2) is 6.19. The Morgan fingerprint density at radius 2 is 2.26 bits per heavy atom. The third kappa shape index (κ3) is 4.26. The Labute approximate surface area is 118 Å². The highest BCUT2D eigenvalue weighted by atomic mass is 79.9. The van der Waals surface area contributed by atoms with Gasteiger partial charge in [-0.1, -0.05) is 33.2 Å². The molecule has 0 saturated carbocycles. The molecule has 0 aliphatic heterocycles. The molecule has 1 heterocycles. The molecule has 2 amide bonds. The molecular formula is C13H12BrN3O2. The minimum Gasteiger partial charge on any atom is -0.360 e. The van der Waals surface area contributed by atoms with Crippen LogP contribution in [-0.2, 0) is 0 Å². The van der Waals surface area contributed by atoms with Crippen molar-refractivity contribution < 1.29 is 9.32 Å². The molecule has 0 fully saturated rings. The van der Waals surface area contributed by atoms with Crippen molar-refractivity contribution in [2.45, 2.75) is 6.92 Å². The maximum Gasteiger partial charge on any atom is 0.324 e. The van der Waals surface area contributed by atoms with E-state index in [1.165, 1.54) is 0 Å². The molecule has 0 aliphatic carbocycles. The maximum absolute atomic E-state index is 11.5. The van der Waals surface area contributed by atoms with E-state index in [-0.39, 0.29) is 6.03 Å². The molecule has 0 radical (unpaired) electrons. The number of nitrogens with zero attached hydrogens (tertiary/aromatic N) is 1. The second-order valence-corrected chi connectivity index (χ2v) is 4.73. The van der Waals surface area contributed by atoms with Crippen LogP contribution in [0.1, 0.15) is 11.3 Å². The van der Waals surface area contributed by atoms with E-state index in [4.69, 9.17) is 4.52 Å². The summed E-state index contributed by atoms with van der Waals surface area (Å²) in [5.74, 6) is 1.02. The van der Waals surface area contributed by atoms with Gasteiger partial charge in [-0.2, -0.15) is 0 Å². The fourth-order valence-electron chi connectivity index (χ4n) is 1.40. The maximum atomic E-state index is 11.5. The second-order valence-electron chi connectivity index (χ2n) is 3.81. The highest BCUT2D eigenvalue weighted by molar-refractivity contribution is 9.10. The number of amides is 2. The van der Waals surface area contributed by atoms with Gasteiger partial charge in [-0.3, -0.25) is 5.32 Å². The first-order chi connectivity index (χ1) is 9.13. The van der Waals surface area contributed by atoms with Crippen LogP contribution in [0.15, 0.2) is 45.5 Å². The number of hydrogen-bond donors (Lipinski definition) is 2. The van der Waals surface area contributed by atoms with Gasteiger partial charge in [0.15, 0.2) is 5.82 Å². The molecule has 5 nitrogen and oxygen atoms in total. The first-order valence-corrected chi connectivity index (χ1v) is 6.36. The first-order valence-electron chi connectivity index (χ1n) is 5.56. The van der Waals surface area contributed by atoms with E-state index < -0.39 is 0 Å². The van der Waals surface area contributed by atoms with E-state index in [1.54, 1.807) is 25.3 Å². The van der Waals surface area contributed by atoms with Gasteiger partial charge in [0, 0.05) is 16.7 Å². The number of aromatic nitrogens is 1. The molecule has 0 saturated heterocycles. The number of anilines is 1. The van der Waals surface area contributed by atoms with Crippen molar-refractivity contribution in [2.75, 3.05) is 5.32 Å². The van der Waals surface area contributed by atoms with Gasteiger partial charge in [0.05, 0.1) is 0 Å². The zero-order chi connectivity index (χ0) is 13.7. The highest BCUT2D eigenvalue weighted by Crippen LogP contribution is 2.12. The van der Waals surface area contributed by atoms with Crippen molar-refractivity contribution in [3.8, 4) is 0 Å². The van der Waals surface area contributed by atoms with Gasteiger partial charge in [-0.05, 0) is 30.7 Å². The van der Waals surface area contributed by atoms with Crippen LogP contribution in [0, 0.1) is 6.92 Å². The highest BCUT2D eigenvalue weighted by Gasteiger charge is 2.03. The average molecular weight is 322 g/mol.